The lowest BCUT2D eigenvalue weighted by Gasteiger charge is -2.34. The number of nitrogens with zero attached hydrogens (tertiary/aromatic N) is 2. The molecule has 1 saturated heterocycles. The van der Waals surface area contributed by atoms with Crippen LogP contribution in [0.15, 0.2) is 48.5 Å². The number of rotatable bonds is 4. The van der Waals surface area contributed by atoms with E-state index in [1.165, 1.54) is 5.56 Å². The molecule has 1 fully saturated rings. The quantitative estimate of drug-likeness (QED) is 0.858. The Labute approximate surface area is 147 Å². The lowest BCUT2D eigenvalue weighted by Crippen LogP contribution is -2.48. The molecule has 0 radical (unpaired) electrons. The third-order valence-corrected chi connectivity index (χ3v) is 4.77. The van der Waals surface area contributed by atoms with Gasteiger partial charge < -0.3 is 14.4 Å². The Kier molecular flexibility index (Phi) is 4.57. The molecular formula is C20H22N2O3. The second kappa shape index (κ2) is 7.15. The highest BCUT2D eigenvalue weighted by molar-refractivity contribution is 5.79. The molecule has 2 aliphatic rings. The van der Waals surface area contributed by atoms with E-state index in [-0.39, 0.29) is 12.7 Å². The summed E-state index contributed by atoms with van der Waals surface area (Å²) in [5.41, 5.74) is 2.30. The van der Waals surface area contributed by atoms with Gasteiger partial charge in [-0.3, -0.25) is 9.69 Å². The molecule has 130 valence electrons. The predicted molar refractivity (Wildman–Crippen MR) is 94.6 cm³/mol. The first-order chi connectivity index (χ1) is 12.3. The molecule has 0 unspecified atom stereocenters. The Morgan fingerprint density at radius 3 is 2.44 bits per heavy atom. The maximum atomic E-state index is 12.6. The summed E-state index contributed by atoms with van der Waals surface area (Å²) in [4.78, 5) is 16.9. The van der Waals surface area contributed by atoms with Crippen LogP contribution in [0.3, 0.4) is 0 Å². The number of carbonyl (C=O) groups excluding carboxylic acids is 1. The highest BCUT2D eigenvalue weighted by Crippen LogP contribution is 2.32. The number of hydrogen-bond donors (Lipinski definition) is 0. The van der Waals surface area contributed by atoms with E-state index < -0.39 is 0 Å². The number of ether oxygens (including phenoxy) is 2. The molecule has 0 spiro atoms. The normalized spacial score (nSPS) is 16.9. The fraction of sp³-hybridized carbons (Fsp3) is 0.350. The van der Waals surface area contributed by atoms with Crippen molar-refractivity contribution < 1.29 is 14.3 Å². The van der Waals surface area contributed by atoms with Gasteiger partial charge in [-0.05, 0) is 23.3 Å². The van der Waals surface area contributed by atoms with Crippen LogP contribution in [-0.4, -0.2) is 48.7 Å². The zero-order valence-corrected chi connectivity index (χ0v) is 14.2. The van der Waals surface area contributed by atoms with Gasteiger partial charge in [-0.2, -0.15) is 0 Å². The van der Waals surface area contributed by atoms with Crippen LogP contribution < -0.4 is 9.47 Å². The number of benzene rings is 2. The number of fused-ring (bicyclic) bond motifs is 1. The maximum absolute atomic E-state index is 12.6. The Morgan fingerprint density at radius 2 is 1.64 bits per heavy atom. The second-order valence-corrected chi connectivity index (χ2v) is 6.51. The second-order valence-electron chi connectivity index (χ2n) is 6.51. The van der Waals surface area contributed by atoms with Crippen LogP contribution >= 0.6 is 0 Å². The van der Waals surface area contributed by atoms with Crippen molar-refractivity contribution in [2.75, 3.05) is 33.0 Å². The van der Waals surface area contributed by atoms with Gasteiger partial charge >= 0.3 is 0 Å². The Morgan fingerprint density at radius 1 is 0.880 bits per heavy atom. The zero-order valence-electron chi connectivity index (χ0n) is 14.2. The summed E-state index contributed by atoms with van der Waals surface area (Å²) in [5, 5.41) is 0. The lowest BCUT2D eigenvalue weighted by molar-refractivity contribution is -0.132. The van der Waals surface area contributed by atoms with Crippen molar-refractivity contribution >= 4 is 5.91 Å². The molecule has 2 aromatic carbocycles. The molecule has 2 heterocycles. The Hall–Kier alpha value is -2.53. The molecule has 0 aliphatic carbocycles. The van der Waals surface area contributed by atoms with Gasteiger partial charge in [-0.25, -0.2) is 0 Å². The topological polar surface area (TPSA) is 42.0 Å². The summed E-state index contributed by atoms with van der Waals surface area (Å²) < 4.78 is 10.7. The third-order valence-electron chi connectivity index (χ3n) is 4.77. The molecule has 2 aromatic rings. The van der Waals surface area contributed by atoms with Crippen LogP contribution in [0.25, 0.3) is 0 Å². The SMILES string of the molecule is O=C(Cc1ccc2c(c1)OCO2)N1CCN(Cc2ccccc2)CC1. The highest BCUT2D eigenvalue weighted by atomic mass is 16.7. The van der Waals surface area contributed by atoms with E-state index in [4.69, 9.17) is 9.47 Å². The third kappa shape index (κ3) is 3.77. The highest BCUT2D eigenvalue weighted by Gasteiger charge is 2.22. The van der Waals surface area contributed by atoms with Gasteiger partial charge in [0.2, 0.25) is 12.7 Å². The fourth-order valence-electron chi connectivity index (χ4n) is 3.33. The minimum absolute atomic E-state index is 0.179. The minimum Gasteiger partial charge on any atom is -0.454 e. The summed E-state index contributed by atoms with van der Waals surface area (Å²) in [6.45, 7) is 4.62. The van der Waals surface area contributed by atoms with Crippen molar-refractivity contribution in [1.29, 1.82) is 0 Å². The molecule has 0 atom stereocenters. The first-order valence-electron chi connectivity index (χ1n) is 8.70. The van der Waals surface area contributed by atoms with Crippen molar-refractivity contribution in [3.63, 3.8) is 0 Å². The molecule has 0 bridgehead atoms. The molecule has 5 heteroatoms. The summed E-state index contributed by atoms with van der Waals surface area (Å²) in [6.07, 6.45) is 0.412. The van der Waals surface area contributed by atoms with E-state index >= 15 is 0 Å². The van der Waals surface area contributed by atoms with Gasteiger partial charge in [0.05, 0.1) is 6.42 Å². The summed E-state index contributed by atoms with van der Waals surface area (Å²) >= 11 is 0. The van der Waals surface area contributed by atoms with Gasteiger partial charge in [-0.1, -0.05) is 36.4 Å². The van der Waals surface area contributed by atoms with Crippen LogP contribution in [-0.2, 0) is 17.8 Å². The summed E-state index contributed by atoms with van der Waals surface area (Å²) in [5.74, 6) is 1.67. The van der Waals surface area contributed by atoms with E-state index in [1.54, 1.807) is 0 Å². The summed E-state index contributed by atoms with van der Waals surface area (Å²) in [6, 6.07) is 16.2. The van der Waals surface area contributed by atoms with Crippen LogP contribution in [0.5, 0.6) is 11.5 Å². The number of carbonyl (C=O) groups is 1. The molecule has 4 rings (SSSR count). The van der Waals surface area contributed by atoms with E-state index in [0.29, 0.717) is 6.42 Å². The van der Waals surface area contributed by atoms with Crippen molar-refractivity contribution in [2.45, 2.75) is 13.0 Å². The van der Waals surface area contributed by atoms with Crippen LogP contribution in [0.2, 0.25) is 0 Å². The van der Waals surface area contributed by atoms with Gasteiger partial charge in [0, 0.05) is 32.7 Å². The van der Waals surface area contributed by atoms with Gasteiger partial charge in [0.15, 0.2) is 11.5 Å². The molecule has 5 nitrogen and oxygen atoms in total. The smallest absolute Gasteiger partial charge is 0.231 e. The van der Waals surface area contributed by atoms with E-state index in [0.717, 1.165) is 49.8 Å². The summed E-state index contributed by atoms with van der Waals surface area (Å²) in [7, 11) is 0. The van der Waals surface area contributed by atoms with Crippen LogP contribution in [0.1, 0.15) is 11.1 Å². The fourth-order valence-corrected chi connectivity index (χ4v) is 3.33. The Bertz CT molecular complexity index is 740. The van der Waals surface area contributed by atoms with Crippen molar-refractivity contribution in [3.05, 3.63) is 59.7 Å². The van der Waals surface area contributed by atoms with Gasteiger partial charge in [0.25, 0.3) is 0 Å². The van der Waals surface area contributed by atoms with Crippen molar-refractivity contribution in [2.24, 2.45) is 0 Å². The van der Waals surface area contributed by atoms with E-state index in [9.17, 15) is 4.79 Å². The zero-order chi connectivity index (χ0) is 17.1. The van der Waals surface area contributed by atoms with Crippen LogP contribution in [0.4, 0.5) is 0 Å². The van der Waals surface area contributed by atoms with Crippen LogP contribution in [0, 0.1) is 0 Å². The van der Waals surface area contributed by atoms with E-state index in [2.05, 4.69) is 29.2 Å². The predicted octanol–water partition coefficient (Wildman–Crippen LogP) is 2.30. The maximum Gasteiger partial charge on any atom is 0.231 e. The molecule has 0 saturated carbocycles. The van der Waals surface area contributed by atoms with E-state index in [1.807, 2.05) is 29.2 Å². The first-order valence-corrected chi connectivity index (χ1v) is 8.70. The lowest BCUT2D eigenvalue weighted by atomic mass is 10.1. The monoisotopic (exact) mass is 338 g/mol. The molecular weight excluding hydrogens is 316 g/mol. The molecule has 25 heavy (non-hydrogen) atoms. The number of hydrogen-bond acceptors (Lipinski definition) is 4. The Balaban J connectivity index is 1.29. The largest absolute Gasteiger partial charge is 0.454 e. The van der Waals surface area contributed by atoms with Gasteiger partial charge in [-0.15, -0.1) is 0 Å². The average molecular weight is 338 g/mol. The molecule has 0 N–H and O–H groups in total. The molecule has 2 aliphatic heterocycles. The molecule has 0 aromatic heterocycles. The molecule has 1 amide bonds. The number of piperazine rings is 1. The minimum atomic E-state index is 0.179. The van der Waals surface area contributed by atoms with Crippen molar-refractivity contribution in [3.8, 4) is 11.5 Å². The first kappa shape index (κ1) is 16.0. The standard InChI is InChI=1S/C20H22N2O3/c23-20(13-17-6-7-18-19(12-17)25-15-24-18)22-10-8-21(9-11-22)14-16-4-2-1-3-5-16/h1-7,12H,8-11,13-15H2. The van der Waals surface area contributed by atoms with Crippen molar-refractivity contribution in [1.82, 2.24) is 9.80 Å². The average Bonchev–Trinajstić information content (AvgIpc) is 3.11. The van der Waals surface area contributed by atoms with Gasteiger partial charge in [0.1, 0.15) is 0 Å². The number of amides is 1.